The van der Waals surface area contributed by atoms with Gasteiger partial charge >= 0.3 is 0 Å². The fourth-order valence-corrected chi connectivity index (χ4v) is 4.44. The zero-order valence-corrected chi connectivity index (χ0v) is 17.1. The van der Waals surface area contributed by atoms with E-state index in [-0.39, 0.29) is 5.82 Å². The standard InChI is InChI=1S/C23H30FN5/c1-2-3-4-20-21-19(16-7-9-17(24)10-8-16)14-29(22(21)28-23(26)27-20)13-15-5-11-18(25)12-6-15/h7-10,14-15,18H,2-6,11-13,25H2,1H3,(H2,26,27,28). The molecule has 0 bridgehead atoms. The number of aromatic nitrogens is 3. The summed E-state index contributed by atoms with van der Waals surface area (Å²) < 4.78 is 15.7. The Bertz CT molecular complexity index is 971. The van der Waals surface area contributed by atoms with Crippen molar-refractivity contribution in [3.05, 3.63) is 42.0 Å². The van der Waals surface area contributed by atoms with E-state index in [1.807, 2.05) is 12.1 Å². The van der Waals surface area contributed by atoms with Crippen LogP contribution in [0.15, 0.2) is 30.5 Å². The van der Waals surface area contributed by atoms with Gasteiger partial charge in [-0.05, 0) is 62.1 Å². The monoisotopic (exact) mass is 395 g/mol. The molecule has 0 radical (unpaired) electrons. The molecule has 1 aliphatic carbocycles. The van der Waals surface area contributed by atoms with Crippen molar-refractivity contribution in [1.82, 2.24) is 14.5 Å². The first-order chi connectivity index (χ1) is 14.0. The van der Waals surface area contributed by atoms with Crippen LogP contribution in [0.25, 0.3) is 22.2 Å². The summed E-state index contributed by atoms with van der Waals surface area (Å²) in [6, 6.07) is 7.00. The molecule has 2 aromatic heterocycles. The third kappa shape index (κ3) is 4.27. The van der Waals surface area contributed by atoms with Crippen molar-refractivity contribution in [2.45, 2.75) is 64.5 Å². The van der Waals surface area contributed by atoms with E-state index in [1.165, 1.54) is 12.1 Å². The van der Waals surface area contributed by atoms with E-state index in [0.29, 0.717) is 17.9 Å². The van der Waals surface area contributed by atoms with Crippen LogP contribution in [0.3, 0.4) is 0 Å². The van der Waals surface area contributed by atoms with Crippen molar-refractivity contribution in [2.24, 2.45) is 11.7 Å². The predicted molar refractivity (Wildman–Crippen MR) is 116 cm³/mol. The third-order valence-electron chi connectivity index (χ3n) is 6.08. The number of anilines is 1. The molecule has 4 rings (SSSR count). The Balaban J connectivity index is 1.80. The Hall–Kier alpha value is -2.47. The van der Waals surface area contributed by atoms with Gasteiger partial charge in [0, 0.05) is 29.7 Å². The van der Waals surface area contributed by atoms with Gasteiger partial charge in [0.25, 0.3) is 0 Å². The first kappa shape index (κ1) is 19.8. The zero-order chi connectivity index (χ0) is 20.4. The average molecular weight is 396 g/mol. The molecule has 1 saturated carbocycles. The van der Waals surface area contributed by atoms with E-state index in [9.17, 15) is 4.39 Å². The second-order valence-electron chi connectivity index (χ2n) is 8.31. The van der Waals surface area contributed by atoms with Crippen LogP contribution in [-0.2, 0) is 13.0 Å². The zero-order valence-electron chi connectivity index (χ0n) is 17.1. The van der Waals surface area contributed by atoms with Gasteiger partial charge in [0.05, 0.1) is 5.69 Å². The van der Waals surface area contributed by atoms with E-state index < -0.39 is 0 Å². The fourth-order valence-electron chi connectivity index (χ4n) is 4.44. The summed E-state index contributed by atoms with van der Waals surface area (Å²) in [6.07, 6.45) is 9.56. The van der Waals surface area contributed by atoms with Gasteiger partial charge in [-0.1, -0.05) is 25.5 Å². The van der Waals surface area contributed by atoms with Gasteiger partial charge in [-0.3, -0.25) is 0 Å². The summed E-state index contributed by atoms with van der Waals surface area (Å²) in [4.78, 5) is 9.19. The van der Waals surface area contributed by atoms with Crippen molar-refractivity contribution in [3.63, 3.8) is 0 Å². The van der Waals surface area contributed by atoms with Crippen LogP contribution < -0.4 is 11.5 Å². The van der Waals surface area contributed by atoms with Crippen molar-refractivity contribution >= 4 is 17.0 Å². The number of halogens is 1. The Morgan fingerprint density at radius 2 is 1.83 bits per heavy atom. The van der Waals surface area contributed by atoms with E-state index in [1.54, 1.807) is 0 Å². The number of fused-ring (bicyclic) bond motifs is 1. The maximum absolute atomic E-state index is 13.5. The predicted octanol–water partition coefficient (Wildman–Crippen LogP) is 4.68. The molecule has 0 spiro atoms. The Labute approximate surface area is 171 Å². The van der Waals surface area contributed by atoms with Gasteiger partial charge in [-0.25, -0.2) is 9.37 Å². The van der Waals surface area contributed by atoms with E-state index in [0.717, 1.165) is 79.3 Å². The lowest BCUT2D eigenvalue weighted by Gasteiger charge is -2.26. The topological polar surface area (TPSA) is 82.8 Å². The Morgan fingerprint density at radius 3 is 2.52 bits per heavy atom. The molecule has 6 heteroatoms. The lowest BCUT2D eigenvalue weighted by Crippen LogP contribution is -2.28. The van der Waals surface area contributed by atoms with E-state index in [2.05, 4.69) is 27.7 Å². The number of nitrogen functional groups attached to an aromatic ring is 1. The second kappa shape index (κ2) is 8.49. The molecule has 3 aromatic rings. The molecular formula is C23H30FN5. The average Bonchev–Trinajstić information content (AvgIpc) is 3.06. The smallest absolute Gasteiger partial charge is 0.222 e. The summed E-state index contributed by atoms with van der Waals surface area (Å²) in [5.41, 5.74) is 16.1. The maximum atomic E-state index is 13.5. The Kier molecular flexibility index (Phi) is 5.81. The molecule has 0 saturated heterocycles. The number of aryl methyl sites for hydroxylation is 1. The molecular weight excluding hydrogens is 365 g/mol. The number of benzene rings is 1. The molecule has 2 heterocycles. The van der Waals surface area contributed by atoms with Gasteiger partial charge < -0.3 is 16.0 Å². The number of nitrogens with two attached hydrogens (primary N) is 2. The van der Waals surface area contributed by atoms with Gasteiger partial charge in [-0.15, -0.1) is 0 Å². The highest BCUT2D eigenvalue weighted by Crippen LogP contribution is 2.35. The summed E-state index contributed by atoms with van der Waals surface area (Å²) >= 11 is 0. The van der Waals surface area contributed by atoms with Gasteiger partial charge in [0.2, 0.25) is 5.95 Å². The van der Waals surface area contributed by atoms with Gasteiger partial charge in [0.1, 0.15) is 11.5 Å². The minimum Gasteiger partial charge on any atom is -0.368 e. The first-order valence-corrected chi connectivity index (χ1v) is 10.7. The van der Waals surface area contributed by atoms with Gasteiger partial charge in [0.15, 0.2) is 0 Å². The van der Waals surface area contributed by atoms with Crippen molar-refractivity contribution in [3.8, 4) is 11.1 Å². The molecule has 0 atom stereocenters. The SMILES string of the molecule is CCCCc1nc(N)nc2c1c(-c1ccc(F)cc1)cn2CC1CCC(N)CC1. The third-order valence-corrected chi connectivity index (χ3v) is 6.08. The van der Waals surface area contributed by atoms with Gasteiger partial charge in [-0.2, -0.15) is 4.98 Å². The van der Waals surface area contributed by atoms with E-state index in [4.69, 9.17) is 11.5 Å². The normalized spacial score (nSPS) is 19.7. The quantitative estimate of drug-likeness (QED) is 0.635. The molecule has 1 aliphatic rings. The molecule has 154 valence electrons. The molecule has 0 aliphatic heterocycles. The number of hydrogen-bond donors (Lipinski definition) is 2. The summed E-state index contributed by atoms with van der Waals surface area (Å²) in [5.74, 6) is 0.670. The van der Waals surface area contributed by atoms with Crippen LogP contribution in [0.5, 0.6) is 0 Å². The van der Waals surface area contributed by atoms with Crippen LogP contribution in [0.1, 0.15) is 51.1 Å². The fraction of sp³-hybridized carbons (Fsp3) is 0.478. The van der Waals surface area contributed by atoms with Crippen LogP contribution in [0.4, 0.5) is 10.3 Å². The van der Waals surface area contributed by atoms with Crippen LogP contribution in [-0.4, -0.2) is 20.6 Å². The lowest BCUT2D eigenvalue weighted by molar-refractivity contribution is 0.297. The summed E-state index contributed by atoms with van der Waals surface area (Å²) in [7, 11) is 0. The second-order valence-corrected chi connectivity index (χ2v) is 8.31. The molecule has 5 nitrogen and oxygen atoms in total. The molecule has 4 N–H and O–H groups in total. The van der Waals surface area contributed by atoms with Crippen molar-refractivity contribution < 1.29 is 4.39 Å². The Morgan fingerprint density at radius 1 is 1.10 bits per heavy atom. The minimum absolute atomic E-state index is 0.234. The highest BCUT2D eigenvalue weighted by molar-refractivity contribution is 5.96. The van der Waals surface area contributed by atoms with Crippen LogP contribution in [0, 0.1) is 11.7 Å². The first-order valence-electron chi connectivity index (χ1n) is 10.7. The molecule has 29 heavy (non-hydrogen) atoms. The maximum Gasteiger partial charge on any atom is 0.222 e. The van der Waals surface area contributed by atoms with Crippen LogP contribution >= 0.6 is 0 Å². The lowest BCUT2D eigenvalue weighted by atomic mass is 9.86. The van der Waals surface area contributed by atoms with Crippen molar-refractivity contribution in [1.29, 1.82) is 0 Å². The summed E-state index contributed by atoms with van der Waals surface area (Å²) in [5, 5.41) is 1.05. The highest BCUT2D eigenvalue weighted by Gasteiger charge is 2.22. The largest absolute Gasteiger partial charge is 0.368 e. The molecule has 0 unspecified atom stereocenters. The van der Waals surface area contributed by atoms with E-state index >= 15 is 0 Å². The molecule has 1 aromatic carbocycles. The number of hydrogen-bond acceptors (Lipinski definition) is 4. The number of rotatable bonds is 6. The molecule has 1 fully saturated rings. The number of unbranched alkanes of at least 4 members (excludes halogenated alkanes) is 1. The minimum atomic E-state index is -0.234. The highest BCUT2D eigenvalue weighted by atomic mass is 19.1. The van der Waals surface area contributed by atoms with Crippen LogP contribution in [0.2, 0.25) is 0 Å². The van der Waals surface area contributed by atoms with Crippen molar-refractivity contribution in [2.75, 3.05) is 5.73 Å². The summed E-state index contributed by atoms with van der Waals surface area (Å²) in [6.45, 7) is 3.07. The number of nitrogens with zero attached hydrogens (tertiary/aromatic N) is 3. The molecule has 0 amide bonds.